The van der Waals surface area contributed by atoms with E-state index in [9.17, 15) is 14.7 Å². The second-order valence-corrected chi connectivity index (χ2v) is 10.7. The minimum atomic E-state index is -0.722. The van der Waals surface area contributed by atoms with Gasteiger partial charge in [0, 0.05) is 48.0 Å². The molecule has 1 unspecified atom stereocenters. The molecule has 2 aromatic carbocycles. The van der Waals surface area contributed by atoms with Crippen molar-refractivity contribution in [2.75, 3.05) is 50.1 Å². The Morgan fingerprint density at radius 1 is 1.03 bits per heavy atom. The van der Waals surface area contributed by atoms with Crippen molar-refractivity contribution in [3.05, 3.63) is 80.5 Å². The van der Waals surface area contributed by atoms with Gasteiger partial charge in [-0.15, -0.1) is 11.3 Å². The van der Waals surface area contributed by atoms with Crippen LogP contribution in [0.25, 0.3) is 5.76 Å². The van der Waals surface area contributed by atoms with Crippen molar-refractivity contribution in [1.82, 2.24) is 4.90 Å². The maximum atomic E-state index is 13.3. The highest BCUT2D eigenvalue weighted by atomic mass is 79.9. The van der Waals surface area contributed by atoms with Gasteiger partial charge < -0.3 is 19.6 Å². The number of methoxy groups -OCH3 is 1. The number of nitrogens with zero attached hydrogens (tertiary/aromatic N) is 3. The molecule has 0 spiro atoms. The van der Waals surface area contributed by atoms with Gasteiger partial charge in [0.05, 0.1) is 17.2 Å². The smallest absolute Gasteiger partial charge is 0.300 e. The number of hydrogen-bond acceptors (Lipinski definition) is 7. The maximum Gasteiger partial charge on any atom is 0.300 e. The van der Waals surface area contributed by atoms with Crippen LogP contribution >= 0.6 is 27.3 Å². The van der Waals surface area contributed by atoms with Crippen LogP contribution in [0, 0.1) is 0 Å². The number of rotatable bonds is 5. The van der Waals surface area contributed by atoms with Gasteiger partial charge in [-0.25, -0.2) is 0 Å². The van der Waals surface area contributed by atoms with Gasteiger partial charge in [-0.3, -0.25) is 14.5 Å². The minimum Gasteiger partial charge on any atom is -0.507 e. The first-order valence-corrected chi connectivity index (χ1v) is 13.3. The van der Waals surface area contributed by atoms with Crippen LogP contribution in [0.3, 0.4) is 0 Å². The lowest BCUT2D eigenvalue weighted by Crippen LogP contribution is -2.44. The topological polar surface area (TPSA) is 73.3 Å². The van der Waals surface area contributed by atoms with Crippen molar-refractivity contribution in [3.63, 3.8) is 0 Å². The quantitative estimate of drug-likeness (QED) is 0.268. The number of ether oxygens (including phenoxy) is 1. The average Bonchev–Trinajstić information content (AvgIpc) is 3.51. The van der Waals surface area contributed by atoms with Gasteiger partial charge in [0.25, 0.3) is 11.7 Å². The summed E-state index contributed by atoms with van der Waals surface area (Å²) in [4.78, 5) is 33.6. The van der Waals surface area contributed by atoms with Crippen molar-refractivity contribution >= 4 is 56.1 Å². The predicted octanol–water partition coefficient (Wildman–Crippen LogP) is 4.90. The number of amides is 1. The van der Waals surface area contributed by atoms with Crippen LogP contribution in [0.1, 0.15) is 16.5 Å². The van der Waals surface area contributed by atoms with Crippen LogP contribution < -0.4 is 14.5 Å². The van der Waals surface area contributed by atoms with E-state index in [4.69, 9.17) is 4.74 Å². The summed E-state index contributed by atoms with van der Waals surface area (Å²) in [5.41, 5.74) is 2.19. The molecule has 2 aliphatic rings. The fourth-order valence-electron chi connectivity index (χ4n) is 4.67. The number of thiophene rings is 1. The number of hydrogen-bond donors (Lipinski definition) is 1. The Labute approximate surface area is 222 Å². The summed E-state index contributed by atoms with van der Waals surface area (Å²) in [5, 5.41) is 13.2. The first kappa shape index (κ1) is 24.5. The Hall–Kier alpha value is -3.14. The minimum absolute atomic E-state index is 0.0719. The Balaban J connectivity index is 1.55. The number of anilines is 2. The molecule has 3 heterocycles. The Morgan fingerprint density at radius 2 is 1.72 bits per heavy atom. The van der Waals surface area contributed by atoms with E-state index in [-0.39, 0.29) is 11.3 Å². The molecule has 36 heavy (non-hydrogen) atoms. The Bertz CT molecular complexity index is 1320. The molecule has 3 aromatic rings. The molecule has 0 aliphatic carbocycles. The van der Waals surface area contributed by atoms with Gasteiger partial charge in [0.2, 0.25) is 0 Å². The second-order valence-electron chi connectivity index (χ2n) is 8.84. The van der Waals surface area contributed by atoms with Crippen LogP contribution in [0.15, 0.2) is 70.0 Å². The molecule has 2 saturated heterocycles. The molecule has 0 saturated carbocycles. The maximum absolute atomic E-state index is 13.3. The standard InChI is InChI=1S/C27H26BrN3O4S/c1-29-11-13-30(14-12-29)18-6-8-19(9-7-18)31-24(22-4-3-15-36-22)23(26(33)27(31)34)25(32)17-5-10-21(35-2)20(28)16-17/h3-10,15-16,24,32H,11-14H2,1-2H3/b25-23-. The molecular formula is C27H26BrN3O4S. The highest BCUT2D eigenvalue weighted by Gasteiger charge is 2.47. The number of aliphatic hydroxyl groups excluding tert-OH is 1. The summed E-state index contributed by atoms with van der Waals surface area (Å²) in [6, 6.07) is 15.8. The summed E-state index contributed by atoms with van der Waals surface area (Å²) in [6.45, 7) is 3.87. The van der Waals surface area contributed by atoms with Crippen molar-refractivity contribution in [2.45, 2.75) is 6.04 Å². The number of carbonyl (C=O) groups is 2. The number of piperazine rings is 1. The zero-order valence-electron chi connectivity index (χ0n) is 20.0. The van der Waals surface area contributed by atoms with Gasteiger partial charge in [-0.05, 0) is 76.9 Å². The van der Waals surface area contributed by atoms with Crippen molar-refractivity contribution in [1.29, 1.82) is 0 Å². The molecule has 1 aromatic heterocycles. The monoisotopic (exact) mass is 567 g/mol. The van der Waals surface area contributed by atoms with E-state index < -0.39 is 17.7 Å². The number of benzene rings is 2. The highest BCUT2D eigenvalue weighted by molar-refractivity contribution is 9.10. The van der Waals surface area contributed by atoms with E-state index in [1.807, 2.05) is 41.8 Å². The summed E-state index contributed by atoms with van der Waals surface area (Å²) in [6.07, 6.45) is 0. The number of aliphatic hydroxyl groups is 1. The lowest BCUT2D eigenvalue weighted by atomic mass is 9.99. The number of Topliss-reactive ketones (excluding diaryl/α,β-unsaturated/α-hetero) is 1. The third-order valence-electron chi connectivity index (χ3n) is 6.68. The van der Waals surface area contributed by atoms with Gasteiger partial charge >= 0.3 is 0 Å². The third-order valence-corrected chi connectivity index (χ3v) is 8.22. The molecule has 1 atom stereocenters. The molecule has 9 heteroatoms. The Morgan fingerprint density at radius 3 is 2.33 bits per heavy atom. The van der Waals surface area contributed by atoms with E-state index in [2.05, 4.69) is 32.8 Å². The van der Waals surface area contributed by atoms with E-state index in [0.29, 0.717) is 21.5 Å². The van der Waals surface area contributed by atoms with Crippen LogP contribution in [0.5, 0.6) is 5.75 Å². The van der Waals surface area contributed by atoms with Crippen LogP contribution in [0.2, 0.25) is 0 Å². The van der Waals surface area contributed by atoms with Gasteiger partial charge in [-0.2, -0.15) is 0 Å². The lowest BCUT2D eigenvalue weighted by Gasteiger charge is -2.34. The fourth-order valence-corrected chi connectivity index (χ4v) is 6.04. The van der Waals surface area contributed by atoms with Crippen LogP contribution in [-0.2, 0) is 9.59 Å². The molecule has 186 valence electrons. The molecular weight excluding hydrogens is 542 g/mol. The molecule has 0 bridgehead atoms. The first-order chi connectivity index (χ1) is 17.4. The lowest BCUT2D eigenvalue weighted by molar-refractivity contribution is -0.132. The number of halogens is 1. The van der Waals surface area contributed by atoms with Crippen molar-refractivity contribution < 1.29 is 19.4 Å². The van der Waals surface area contributed by atoms with Crippen LogP contribution in [-0.4, -0.2) is 62.0 Å². The predicted molar refractivity (Wildman–Crippen MR) is 146 cm³/mol. The largest absolute Gasteiger partial charge is 0.507 e. The molecule has 2 fully saturated rings. The summed E-state index contributed by atoms with van der Waals surface area (Å²) >= 11 is 4.87. The van der Waals surface area contributed by atoms with Gasteiger partial charge in [0.15, 0.2) is 0 Å². The zero-order valence-corrected chi connectivity index (χ0v) is 22.4. The van der Waals surface area contributed by atoms with Crippen LogP contribution in [0.4, 0.5) is 11.4 Å². The first-order valence-electron chi connectivity index (χ1n) is 11.6. The highest BCUT2D eigenvalue weighted by Crippen LogP contribution is 2.44. The normalized spacial score (nSPS) is 20.2. The van der Waals surface area contributed by atoms with E-state index >= 15 is 0 Å². The SMILES string of the molecule is COc1ccc(/C(O)=C2/C(=O)C(=O)N(c3ccc(N4CCN(C)CC4)cc3)C2c2cccs2)cc1Br. The Kier molecular flexibility index (Phi) is 6.87. The summed E-state index contributed by atoms with van der Waals surface area (Å²) in [7, 11) is 3.67. The number of ketones is 1. The molecule has 0 radical (unpaired) electrons. The van der Waals surface area contributed by atoms with Crippen molar-refractivity contribution in [3.8, 4) is 5.75 Å². The molecule has 5 rings (SSSR count). The second kappa shape index (κ2) is 10.1. The van der Waals surface area contributed by atoms with Gasteiger partial charge in [0.1, 0.15) is 17.6 Å². The fraction of sp³-hybridized carbons (Fsp3) is 0.259. The third kappa shape index (κ3) is 4.42. The summed E-state index contributed by atoms with van der Waals surface area (Å²) < 4.78 is 5.91. The van der Waals surface area contributed by atoms with Crippen molar-refractivity contribution in [2.24, 2.45) is 0 Å². The van der Waals surface area contributed by atoms with Gasteiger partial charge in [-0.1, -0.05) is 6.07 Å². The average molecular weight is 568 g/mol. The van der Waals surface area contributed by atoms with E-state index in [1.54, 1.807) is 25.3 Å². The molecule has 7 nitrogen and oxygen atoms in total. The zero-order chi connectivity index (χ0) is 25.4. The van der Waals surface area contributed by atoms with E-state index in [1.165, 1.54) is 16.2 Å². The number of likely N-dealkylation sites (N-methyl/N-ethyl adjacent to an activating group) is 1. The summed E-state index contributed by atoms with van der Waals surface area (Å²) in [5.74, 6) is -0.982. The van der Waals surface area contributed by atoms with E-state index in [0.717, 1.165) is 36.7 Å². The molecule has 2 aliphatic heterocycles. The number of carbonyl (C=O) groups excluding carboxylic acids is 2. The molecule has 1 N–H and O–H groups in total. The molecule has 1 amide bonds.